The summed E-state index contributed by atoms with van der Waals surface area (Å²) in [4.78, 5) is 29.7. The zero-order valence-corrected chi connectivity index (χ0v) is 28.2. The van der Waals surface area contributed by atoms with Crippen LogP contribution < -0.4 is 9.62 Å². The average Bonchev–Trinajstić information content (AvgIpc) is 3.01. The van der Waals surface area contributed by atoms with Gasteiger partial charge in [0.05, 0.1) is 20.6 Å². The molecule has 0 aliphatic carbocycles. The van der Waals surface area contributed by atoms with E-state index in [-0.39, 0.29) is 40.5 Å². The Balaban J connectivity index is 1.84. The van der Waals surface area contributed by atoms with Gasteiger partial charge in [-0.15, -0.1) is 0 Å². The van der Waals surface area contributed by atoms with Crippen molar-refractivity contribution in [3.63, 3.8) is 0 Å². The first-order valence-corrected chi connectivity index (χ1v) is 16.9. The lowest BCUT2D eigenvalue weighted by Crippen LogP contribution is -2.54. The highest BCUT2D eigenvalue weighted by Crippen LogP contribution is 2.30. The molecular formula is C34H34Cl3N3O4S. The van der Waals surface area contributed by atoms with Crippen molar-refractivity contribution < 1.29 is 18.0 Å². The van der Waals surface area contributed by atoms with Crippen LogP contribution in [0.2, 0.25) is 15.1 Å². The molecule has 0 unspecified atom stereocenters. The van der Waals surface area contributed by atoms with Crippen LogP contribution in [0.3, 0.4) is 0 Å². The van der Waals surface area contributed by atoms with Crippen molar-refractivity contribution in [2.75, 3.05) is 10.8 Å². The summed E-state index contributed by atoms with van der Waals surface area (Å²) in [5, 5.41) is 3.87. The van der Waals surface area contributed by atoms with E-state index in [0.717, 1.165) is 9.87 Å². The number of hydrogen-bond donors (Lipinski definition) is 1. The second kappa shape index (κ2) is 15.1. The Hall–Kier alpha value is -3.56. The van der Waals surface area contributed by atoms with E-state index < -0.39 is 28.5 Å². The van der Waals surface area contributed by atoms with Gasteiger partial charge in [-0.1, -0.05) is 95.5 Å². The molecule has 0 spiro atoms. The molecule has 1 N–H and O–H groups in total. The highest BCUT2D eigenvalue weighted by Gasteiger charge is 2.35. The molecule has 0 bridgehead atoms. The Morgan fingerprint density at radius 1 is 0.800 bits per heavy atom. The van der Waals surface area contributed by atoms with Crippen LogP contribution in [-0.2, 0) is 32.6 Å². The number of halogens is 3. The van der Waals surface area contributed by atoms with Crippen LogP contribution in [0, 0.1) is 6.92 Å². The summed E-state index contributed by atoms with van der Waals surface area (Å²) < 4.78 is 29.3. The minimum Gasteiger partial charge on any atom is -0.352 e. The fourth-order valence-electron chi connectivity index (χ4n) is 4.85. The summed E-state index contributed by atoms with van der Waals surface area (Å²) >= 11 is 18.8. The van der Waals surface area contributed by atoms with Crippen LogP contribution in [-0.4, -0.2) is 43.8 Å². The summed E-state index contributed by atoms with van der Waals surface area (Å²) in [6.45, 7) is 4.77. The molecule has 0 fully saturated rings. The number of nitrogens with zero attached hydrogens (tertiary/aromatic N) is 2. The molecule has 4 rings (SSSR count). The van der Waals surface area contributed by atoms with Crippen molar-refractivity contribution in [3.05, 3.63) is 129 Å². The monoisotopic (exact) mass is 685 g/mol. The first kappa shape index (κ1) is 34.3. The molecule has 7 nitrogen and oxygen atoms in total. The molecule has 4 aromatic rings. The maximum absolute atomic E-state index is 14.5. The summed E-state index contributed by atoms with van der Waals surface area (Å²) in [6.07, 6.45) is 0.189. The molecule has 236 valence electrons. The van der Waals surface area contributed by atoms with E-state index in [0.29, 0.717) is 21.2 Å². The second-order valence-corrected chi connectivity index (χ2v) is 14.0. The first-order valence-electron chi connectivity index (χ1n) is 14.3. The molecule has 1 atom stereocenters. The number of hydrogen-bond acceptors (Lipinski definition) is 4. The fourth-order valence-corrected chi connectivity index (χ4v) is 6.83. The smallest absolute Gasteiger partial charge is 0.264 e. The standard InChI is InChI=1S/C34H34Cl3N3O4S/c1-23(2)38-34(42)32(19-25-10-6-4-7-11-25)39(21-26-15-17-29(36)30(37)18-26)33(41)22-40(31-20-27(35)16-14-24(31)3)45(43,44)28-12-8-5-9-13-28/h4-18,20,23,32H,19,21-22H2,1-3H3,(H,38,42)/t32-/m1/s1. The maximum atomic E-state index is 14.5. The quantitative estimate of drug-likeness (QED) is 0.169. The normalized spacial score (nSPS) is 12.1. The third-order valence-electron chi connectivity index (χ3n) is 7.09. The van der Waals surface area contributed by atoms with Crippen molar-refractivity contribution >= 4 is 62.3 Å². The van der Waals surface area contributed by atoms with Gasteiger partial charge in [-0.25, -0.2) is 8.42 Å². The third-order valence-corrected chi connectivity index (χ3v) is 9.84. The largest absolute Gasteiger partial charge is 0.352 e. The van der Waals surface area contributed by atoms with Gasteiger partial charge in [0.2, 0.25) is 11.8 Å². The molecule has 45 heavy (non-hydrogen) atoms. The Bertz CT molecular complexity index is 1750. The van der Waals surface area contributed by atoms with E-state index in [2.05, 4.69) is 5.32 Å². The van der Waals surface area contributed by atoms with Crippen LogP contribution in [0.1, 0.15) is 30.5 Å². The minimum atomic E-state index is -4.24. The van der Waals surface area contributed by atoms with E-state index in [1.807, 2.05) is 44.2 Å². The first-order chi connectivity index (χ1) is 21.4. The number of amides is 2. The van der Waals surface area contributed by atoms with Crippen LogP contribution in [0.4, 0.5) is 5.69 Å². The van der Waals surface area contributed by atoms with E-state index in [1.54, 1.807) is 55.5 Å². The number of anilines is 1. The molecular weight excluding hydrogens is 653 g/mol. The van der Waals surface area contributed by atoms with Crippen LogP contribution in [0.25, 0.3) is 0 Å². The van der Waals surface area contributed by atoms with Gasteiger partial charge in [0.1, 0.15) is 12.6 Å². The number of aryl methyl sites for hydroxylation is 1. The van der Waals surface area contributed by atoms with Gasteiger partial charge >= 0.3 is 0 Å². The lowest BCUT2D eigenvalue weighted by molar-refractivity contribution is -0.140. The molecule has 11 heteroatoms. The highest BCUT2D eigenvalue weighted by atomic mass is 35.5. The van der Waals surface area contributed by atoms with Gasteiger partial charge in [0, 0.05) is 24.0 Å². The predicted octanol–water partition coefficient (Wildman–Crippen LogP) is 7.32. The van der Waals surface area contributed by atoms with Crippen molar-refractivity contribution in [2.45, 2.75) is 50.7 Å². The Kier molecular flexibility index (Phi) is 11.6. The van der Waals surface area contributed by atoms with Crippen LogP contribution in [0.15, 0.2) is 102 Å². The van der Waals surface area contributed by atoms with Gasteiger partial charge in [0.15, 0.2) is 0 Å². The lowest BCUT2D eigenvalue weighted by atomic mass is 10.0. The number of carbonyl (C=O) groups is 2. The molecule has 4 aromatic carbocycles. The molecule has 0 saturated heterocycles. The Labute approximate surface area is 279 Å². The summed E-state index contributed by atoms with van der Waals surface area (Å²) in [5.74, 6) is -0.974. The molecule has 0 aromatic heterocycles. The predicted molar refractivity (Wildman–Crippen MR) is 181 cm³/mol. The van der Waals surface area contributed by atoms with E-state index >= 15 is 0 Å². The number of carbonyl (C=O) groups excluding carboxylic acids is 2. The zero-order valence-electron chi connectivity index (χ0n) is 25.1. The molecule has 0 aliphatic rings. The van der Waals surface area contributed by atoms with Crippen molar-refractivity contribution in [2.24, 2.45) is 0 Å². The van der Waals surface area contributed by atoms with Crippen LogP contribution >= 0.6 is 34.8 Å². The van der Waals surface area contributed by atoms with E-state index in [1.165, 1.54) is 23.1 Å². The number of benzene rings is 4. The van der Waals surface area contributed by atoms with Gasteiger partial charge in [-0.3, -0.25) is 13.9 Å². The molecule has 0 radical (unpaired) electrons. The Morgan fingerprint density at radius 2 is 1.44 bits per heavy atom. The second-order valence-electron chi connectivity index (χ2n) is 10.9. The molecule has 0 saturated carbocycles. The number of nitrogens with one attached hydrogen (secondary N) is 1. The van der Waals surface area contributed by atoms with Gasteiger partial charge in [-0.05, 0) is 73.9 Å². The van der Waals surface area contributed by atoms with Crippen molar-refractivity contribution in [1.29, 1.82) is 0 Å². The number of rotatable bonds is 12. The SMILES string of the molecule is Cc1ccc(Cl)cc1N(CC(=O)N(Cc1ccc(Cl)c(Cl)c1)[C@H](Cc1ccccc1)C(=O)NC(C)C)S(=O)(=O)c1ccccc1. The third kappa shape index (κ3) is 8.79. The van der Waals surface area contributed by atoms with Crippen molar-refractivity contribution in [1.82, 2.24) is 10.2 Å². The van der Waals surface area contributed by atoms with Crippen molar-refractivity contribution in [3.8, 4) is 0 Å². The van der Waals surface area contributed by atoms with Crippen LogP contribution in [0.5, 0.6) is 0 Å². The average molecular weight is 687 g/mol. The highest BCUT2D eigenvalue weighted by molar-refractivity contribution is 7.92. The molecule has 0 heterocycles. The van der Waals surface area contributed by atoms with Gasteiger partial charge < -0.3 is 10.2 Å². The Morgan fingerprint density at radius 3 is 2.07 bits per heavy atom. The summed E-state index contributed by atoms with van der Waals surface area (Å²) in [5.41, 5.74) is 2.29. The summed E-state index contributed by atoms with van der Waals surface area (Å²) in [6, 6.07) is 25.8. The summed E-state index contributed by atoms with van der Waals surface area (Å²) in [7, 11) is -4.24. The minimum absolute atomic E-state index is 0.00611. The molecule has 2 amide bonds. The van der Waals surface area contributed by atoms with E-state index in [9.17, 15) is 18.0 Å². The van der Waals surface area contributed by atoms with Gasteiger partial charge in [-0.2, -0.15) is 0 Å². The van der Waals surface area contributed by atoms with Gasteiger partial charge in [0.25, 0.3) is 10.0 Å². The number of sulfonamides is 1. The fraction of sp³-hybridized carbons (Fsp3) is 0.235. The lowest BCUT2D eigenvalue weighted by Gasteiger charge is -2.34. The topological polar surface area (TPSA) is 86.8 Å². The molecule has 0 aliphatic heterocycles. The maximum Gasteiger partial charge on any atom is 0.264 e. The zero-order chi connectivity index (χ0) is 32.7. The van der Waals surface area contributed by atoms with E-state index in [4.69, 9.17) is 34.8 Å².